The lowest BCUT2D eigenvalue weighted by molar-refractivity contribution is -0.142. The highest BCUT2D eigenvalue weighted by Crippen LogP contribution is 2.15. The maximum Gasteiger partial charge on any atom is 0.331 e. The van der Waals surface area contributed by atoms with Crippen LogP contribution in [0.5, 0.6) is 0 Å². The molecule has 2 aromatic rings. The first-order valence-corrected chi connectivity index (χ1v) is 16.4. The molecule has 0 spiro atoms. The van der Waals surface area contributed by atoms with Crippen LogP contribution in [0.3, 0.4) is 0 Å². The van der Waals surface area contributed by atoms with Crippen LogP contribution < -0.4 is 0 Å². The number of ether oxygens (including phenoxy) is 2. The Labute approximate surface area is 274 Å². The first kappa shape index (κ1) is 37.8. The van der Waals surface area contributed by atoms with E-state index in [9.17, 15) is 19.2 Å². The topological polar surface area (TPSA) is 99.7 Å². The second-order valence-electron chi connectivity index (χ2n) is 10.8. The third-order valence-electron chi connectivity index (χ3n) is 7.94. The average Bonchev–Trinajstić information content (AvgIpc) is 3.07. The van der Waals surface area contributed by atoms with Gasteiger partial charge in [-0.3, -0.25) is 0 Å². The van der Waals surface area contributed by atoms with Crippen molar-refractivity contribution in [1.82, 2.24) is 19.6 Å². The van der Waals surface area contributed by atoms with E-state index in [2.05, 4.69) is 0 Å². The van der Waals surface area contributed by atoms with Crippen molar-refractivity contribution in [2.45, 2.75) is 66.5 Å². The summed E-state index contributed by atoms with van der Waals surface area (Å²) in [6.07, 6.45) is 3.08. The van der Waals surface area contributed by atoms with E-state index in [0.29, 0.717) is 52.1 Å². The molecule has 0 saturated carbocycles. The molecule has 0 fully saturated rings. The van der Waals surface area contributed by atoms with E-state index in [-0.39, 0.29) is 25.3 Å². The van der Waals surface area contributed by atoms with E-state index >= 15 is 0 Å². The summed E-state index contributed by atoms with van der Waals surface area (Å²) in [4.78, 5) is 58.8. The molecule has 0 saturated heterocycles. The van der Waals surface area contributed by atoms with Gasteiger partial charge in [-0.2, -0.15) is 0 Å². The lowest BCUT2D eigenvalue weighted by Crippen LogP contribution is -2.50. The van der Waals surface area contributed by atoms with Crippen molar-refractivity contribution in [3.8, 4) is 0 Å². The van der Waals surface area contributed by atoms with Crippen molar-refractivity contribution in [2.24, 2.45) is 0 Å². The number of amides is 4. The molecule has 46 heavy (non-hydrogen) atoms. The SMILES string of the molecule is CCN(CC)C(=O)N(CC)[C@@H](COC(=O)/C=C/C(=O)OC[C@@H](Cc1ccccc1)N(CC)C(=O)N(CC)CC)Cc1ccccc1. The van der Waals surface area contributed by atoms with Gasteiger partial charge >= 0.3 is 24.0 Å². The highest BCUT2D eigenvalue weighted by atomic mass is 16.5. The van der Waals surface area contributed by atoms with Crippen LogP contribution in [-0.4, -0.2) is 108 Å². The van der Waals surface area contributed by atoms with Crippen molar-refractivity contribution in [3.63, 3.8) is 0 Å². The average molecular weight is 637 g/mol. The zero-order chi connectivity index (χ0) is 33.9. The number of urea groups is 2. The van der Waals surface area contributed by atoms with Gasteiger partial charge in [-0.05, 0) is 65.5 Å². The Morgan fingerprint density at radius 3 is 1.15 bits per heavy atom. The van der Waals surface area contributed by atoms with Crippen molar-refractivity contribution in [2.75, 3.05) is 52.5 Å². The molecule has 0 aromatic heterocycles. The van der Waals surface area contributed by atoms with Gasteiger partial charge in [0.1, 0.15) is 13.2 Å². The third kappa shape index (κ3) is 11.9. The molecule has 0 aliphatic heterocycles. The van der Waals surface area contributed by atoms with Gasteiger partial charge in [0.05, 0.1) is 12.1 Å². The number of hydrogen-bond donors (Lipinski definition) is 0. The number of carbonyl (C=O) groups is 4. The molecule has 252 valence electrons. The lowest BCUT2D eigenvalue weighted by atomic mass is 10.1. The highest BCUT2D eigenvalue weighted by molar-refractivity contribution is 5.91. The van der Waals surface area contributed by atoms with Crippen LogP contribution in [0, 0.1) is 0 Å². The molecule has 10 heteroatoms. The summed E-state index contributed by atoms with van der Waals surface area (Å²) < 4.78 is 11.1. The Morgan fingerprint density at radius 1 is 0.543 bits per heavy atom. The standard InChI is InChI=1S/C36H52N4O6/c1-7-37(8-2)35(43)39(11-5)31(25-29-19-15-13-16-20-29)27-45-33(41)23-24-34(42)46-28-32(26-30-21-17-14-18-22-30)40(12-6)36(44)38(9-3)10-4/h13-24,31-32H,7-12,25-28H2,1-6H3/b24-23+/t31-,32-/m1/s1. The molecule has 0 aliphatic carbocycles. The summed E-state index contributed by atoms with van der Waals surface area (Å²) in [6.45, 7) is 14.6. The summed E-state index contributed by atoms with van der Waals surface area (Å²) in [5, 5.41) is 0. The molecule has 4 amide bonds. The van der Waals surface area contributed by atoms with Crippen LogP contribution in [0.1, 0.15) is 52.7 Å². The van der Waals surface area contributed by atoms with Gasteiger partial charge in [-0.25, -0.2) is 19.2 Å². The van der Waals surface area contributed by atoms with Gasteiger partial charge in [-0.1, -0.05) is 60.7 Å². The molecule has 0 radical (unpaired) electrons. The van der Waals surface area contributed by atoms with E-state index in [0.717, 1.165) is 23.3 Å². The zero-order valence-corrected chi connectivity index (χ0v) is 28.4. The molecule has 2 atom stereocenters. The summed E-state index contributed by atoms with van der Waals surface area (Å²) in [5.41, 5.74) is 2.03. The minimum absolute atomic E-state index is 0.0357. The fourth-order valence-corrected chi connectivity index (χ4v) is 5.33. The Hall–Kier alpha value is -4.34. The molecule has 2 rings (SSSR count). The van der Waals surface area contributed by atoms with E-state index in [4.69, 9.17) is 9.47 Å². The predicted octanol–water partition coefficient (Wildman–Crippen LogP) is 5.42. The maximum atomic E-state index is 13.3. The number of likely N-dealkylation sites (N-methyl/N-ethyl adjacent to an activating group) is 2. The summed E-state index contributed by atoms with van der Waals surface area (Å²) in [7, 11) is 0. The van der Waals surface area contributed by atoms with Crippen molar-refractivity contribution < 1.29 is 28.7 Å². The Balaban J connectivity index is 2.10. The molecular weight excluding hydrogens is 584 g/mol. The quantitative estimate of drug-likeness (QED) is 0.160. The second kappa shape index (κ2) is 20.6. The smallest absolute Gasteiger partial charge is 0.331 e. The Morgan fingerprint density at radius 2 is 0.870 bits per heavy atom. The van der Waals surface area contributed by atoms with Gasteiger partial charge in [0.25, 0.3) is 0 Å². The number of carbonyl (C=O) groups excluding carboxylic acids is 4. The minimum atomic E-state index is -0.714. The number of esters is 2. The predicted molar refractivity (Wildman–Crippen MR) is 180 cm³/mol. The van der Waals surface area contributed by atoms with Crippen molar-refractivity contribution in [3.05, 3.63) is 83.9 Å². The molecule has 0 unspecified atom stereocenters. The maximum absolute atomic E-state index is 13.3. The zero-order valence-electron chi connectivity index (χ0n) is 28.4. The fourth-order valence-electron chi connectivity index (χ4n) is 5.33. The number of hydrogen-bond acceptors (Lipinski definition) is 6. The molecule has 10 nitrogen and oxygen atoms in total. The fraction of sp³-hybridized carbons (Fsp3) is 0.500. The minimum Gasteiger partial charge on any atom is -0.460 e. The Bertz CT molecular complexity index is 1140. The number of nitrogens with zero attached hydrogens (tertiary/aromatic N) is 4. The number of benzene rings is 2. The summed E-state index contributed by atoms with van der Waals surface area (Å²) >= 11 is 0. The monoisotopic (exact) mass is 636 g/mol. The van der Waals surface area contributed by atoms with Gasteiger partial charge in [0.15, 0.2) is 0 Å². The van der Waals surface area contributed by atoms with Crippen molar-refractivity contribution >= 4 is 24.0 Å². The van der Waals surface area contributed by atoms with Crippen LogP contribution in [-0.2, 0) is 31.9 Å². The lowest BCUT2D eigenvalue weighted by Gasteiger charge is -2.34. The molecule has 2 aromatic carbocycles. The number of rotatable bonds is 18. The molecule has 0 bridgehead atoms. The normalized spacial score (nSPS) is 12.2. The molecule has 0 heterocycles. The van der Waals surface area contributed by atoms with Crippen LogP contribution in [0.4, 0.5) is 9.59 Å². The third-order valence-corrected chi connectivity index (χ3v) is 7.94. The van der Waals surface area contributed by atoms with Crippen molar-refractivity contribution in [1.29, 1.82) is 0 Å². The first-order valence-electron chi connectivity index (χ1n) is 16.4. The highest BCUT2D eigenvalue weighted by Gasteiger charge is 2.28. The van der Waals surface area contributed by atoms with Crippen LogP contribution in [0.2, 0.25) is 0 Å². The summed E-state index contributed by atoms with van der Waals surface area (Å²) in [5.74, 6) is -1.43. The van der Waals surface area contributed by atoms with Crippen LogP contribution in [0.15, 0.2) is 72.8 Å². The van der Waals surface area contributed by atoms with E-state index in [1.807, 2.05) is 102 Å². The van der Waals surface area contributed by atoms with E-state index in [1.54, 1.807) is 19.6 Å². The second-order valence-corrected chi connectivity index (χ2v) is 10.8. The van der Waals surface area contributed by atoms with Gasteiger partial charge < -0.3 is 29.1 Å². The summed E-state index contributed by atoms with van der Waals surface area (Å²) in [6, 6.07) is 18.4. The van der Waals surface area contributed by atoms with Gasteiger partial charge in [0, 0.05) is 51.4 Å². The largest absolute Gasteiger partial charge is 0.460 e. The van der Waals surface area contributed by atoms with Crippen LogP contribution in [0.25, 0.3) is 0 Å². The molecule has 0 N–H and O–H groups in total. The Kier molecular flexibility index (Phi) is 17.0. The molecule has 0 aliphatic rings. The first-order chi connectivity index (χ1) is 22.2. The van der Waals surface area contributed by atoms with Gasteiger partial charge in [-0.15, -0.1) is 0 Å². The molecular formula is C36H52N4O6. The van der Waals surface area contributed by atoms with E-state index < -0.39 is 24.0 Å². The van der Waals surface area contributed by atoms with E-state index in [1.165, 1.54) is 0 Å². The van der Waals surface area contributed by atoms with Gasteiger partial charge in [0.2, 0.25) is 0 Å². The van der Waals surface area contributed by atoms with Crippen LogP contribution >= 0.6 is 0 Å².